The van der Waals surface area contributed by atoms with E-state index in [1.165, 1.54) is 0 Å². The van der Waals surface area contributed by atoms with Crippen molar-refractivity contribution in [2.24, 2.45) is 5.41 Å². The first-order chi connectivity index (χ1) is 5.50. The molecule has 0 aromatic carbocycles. The number of hydrogen-bond acceptors (Lipinski definition) is 2. The Morgan fingerprint density at radius 1 is 1.50 bits per heavy atom. The van der Waals surface area contributed by atoms with Crippen LogP contribution in [0.2, 0.25) is 0 Å². The molecular weight excluding hydrogens is 152 g/mol. The van der Waals surface area contributed by atoms with E-state index in [0.29, 0.717) is 0 Å². The van der Waals surface area contributed by atoms with Crippen LogP contribution in [0.15, 0.2) is 12.2 Å². The molecule has 0 unspecified atom stereocenters. The molecule has 0 amide bonds. The highest BCUT2D eigenvalue weighted by Gasteiger charge is 2.13. The third kappa shape index (κ3) is 4.16. The van der Waals surface area contributed by atoms with Crippen LogP contribution in [0.4, 0.5) is 0 Å². The third-order valence-electron chi connectivity index (χ3n) is 1.78. The maximum Gasteiger partial charge on any atom is 0.0508 e. The van der Waals surface area contributed by atoms with Crippen molar-refractivity contribution >= 4 is 5.97 Å². The number of allylic oxidation sites excluding steroid dienone is 1. The molecule has 0 spiro atoms. The predicted octanol–water partition coefficient (Wildman–Crippen LogP) is 1.51. The van der Waals surface area contributed by atoms with Crippen LogP contribution in [-0.4, -0.2) is 5.97 Å². The first kappa shape index (κ1) is 11.2. The summed E-state index contributed by atoms with van der Waals surface area (Å²) in [5.41, 5.74) is -0.826. The summed E-state index contributed by atoms with van der Waals surface area (Å²) in [6.07, 6.45) is 6.82. The zero-order chi connectivity index (χ0) is 9.61. The Kier molecular flexibility index (Phi) is 4.64. The lowest BCUT2D eigenvalue weighted by Crippen LogP contribution is -2.36. The number of unbranched alkanes of at least 4 members (excludes halogenated alkanes) is 2. The van der Waals surface area contributed by atoms with Crippen LogP contribution in [0.1, 0.15) is 40.0 Å². The monoisotopic (exact) mass is 169 g/mol. The highest BCUT2D eigenvalue weighted by Crippen LogP contribution is 2.16. The second kappa shape index (κ2) is 4.96. The van der Waals surface area contributed by atoms with Crippen molar-refractivity contribution in [1.29, 1.82) is 0 Å². The van der Waals surface area contributed by atoms with Crippen LogP contribution in [0.3, 0.4) is 0 Å². The molecule has 2 heteroatoms. The molecule has 0 fully saturated rings. The minimum absolute atomic E-state index is 0.826. The summed E-state index contributed by atoms with van der Waals surface area (Å²) >= 11 is 0. The third-order valence-corrected chi connectivity index (χ3v) is 1.78. The summed E-state index contributed by atoms with van der Waals surface area (Å²) in [7, 11) is 0. The van der Waals surface area contributed by atoms with E-state index < -0.39 is 11.4 Å². The topological polar surface area (TPSA) is 40.1 Å². The maximum atomic E-state index is 10.5. The Bertz CT molecular complexity index is 169. The summed E-state index contributed by atoms with van der Waals surface area (Å²) in [4.78, 5) is 10.5. The van der Waals surface area contributed by atoms with Crippen LogP contribution in [0.25, 0.3) is 0 Å². The van der Waals surface area contributed by atoms with E-state index in [-0.39, 0.29) is 0 Å². The van der Waals surface area contributed by atoms with Crippen molar-refractivity contribution in [3.63, 3.8) is 0 Å². The van der Waals surface area contributed by atoms with Gasteiger partial charge in [-0.05, 0) is 6.42 Å². The van der Waals surface area contributed by atoms with E-state index >= 15 is 0 Å². The molecule has 70 valence electrons. The lowest BCUT2D eigenvalue weighted by Gasteiger charge is -2.20. The van der Waals surface area contributed by atoms with Gasteiger partial charge in [-0.3, -0.25) is 0 Å². The average Bonchev–Trinajstić information content (AvgIpc) is 1.98. The fourth-order valence-electron chi connectivity index (χ4n) is 0.768. The van der Waals surface area contributed by atoms with E-state index in [1.54, 1.807) is 19.9 Å². The zero-order valence-electron chi connectivity index (χ0n) is 8.09. The molecule has 0 N–H and O–H groups in total. The second-order valence-corrected chi connectivity index (χ2v) is 3.55. The molecule has 0 aromatic rings. The molecule has 12 heavy (non-hydrogen) atoms. The average molecular weight is 169 g/mol. The molecule has 0 aromatic heterocycles. The van der Waals surface area contributed by atoms with Crippen molar-refractivity contribution in [2.75, 3.05) is 0 Å². The van der Waals surface area contributed by atoms with Crippen molar-refractivity contribution in [1.82, 2.24) is 0 Å². The number of carbonyl (C=O) groups excluding carboxylic acids is 1. The van der Waals surface area contributed by atoms with Crippen LogP contribution >= 0.6 is 0 Å². The molecular formula is C10H17O2-. The van der Waals surface area contributed by atoms with Gasteiger partial charge in [-0.25, -0.2) is 0 Å². The number of aliphatic carboxylic acids is 1. The van der Waals surface area contributed by atoms with Gasteiger partial charge < -0.3 is 9.90 Å². The lowest BCUT2D eigenvalue weighted by atomic mass is 9.93. The van der Waals surface area contributed by atoms with Crippen LogP contribution in [0.5, 0.6) is 0 Å². The van der Waals surface area contributed by atoms with E-state index in [4.69, 9.17) is 0 Å². The molecule has 0 aliphatic carbocycles. The molecule has 0 heterocycles. The molecule has 0 aliphatic heterocycles. The predicted molar refractivity (Wildman–Crippen MR) is 47.5 cm³/mol. The van der Waals surface area contributed by atoms with Gasteiger partial charge in [0, 0.05) is 5.41 Å². The van der Waals surface area contributed by atoms with Crippen LogP contribution in [-0.2, 0) is 4.79 Å². The van der Waals surface area contributed by atoms with Crippen molar-refractivity contribution in [3.8, 4) is 0 Å². The van der Waals surface area contributed by atoms with Crippen LogP contribution < -0.4 is 5.11 Å². The van der Waals surface area contributed by atoms with Crippen molar-refractivity contribution in [2.45, 2.75) is 40.0 Å². The van der Waals surface area contributed by atoms with Crippen LogP contribution in [0, 0.1) is 5.41 Å². The Balaban J connectivity index is 3.88. The highest BCUT2D eigenvalue weighted by molar-refractivity contribution is 5.73. The number of carboxylic acid groups (broad SMARTS) is 1. The van der Waals surface area contributed by atoms with Crippen molar-refractivity contribution in [3.05, 3.63) is 12.2 Å². The molecule has 0 saturated carbocycles. The zero-order valence-corrected chi connectivity index (χ0v) is 8.09. The van der Waals surface area contributed by atoms with Gasteiger partial charge >= 0.3 is 0 Å². The summed E-state index contributed by atoms with van der Waals surface area (Å²) in [6.45, 7) is 5.40. The minimum Gasteiger partial charge on any atom is -0.549 e. The van der Waals surface area contributed by atoms with Gasteiger partial charge in [0.2, 0.25) is 0 Å². The summed E-state index contributed by atoms with van der Waals surface area (Å²) in [5, 5.41) is 10.5. The number of carbonyl (C=O) groups is 1. The molecule has 2 nitrogen and oxygen atoms in total. The van der Waals surface area contributed by atoms with Gasteiger partial charge in [0.25, 0.3) is 0 Å². The highest BCUT2D eigenvalue weighted by atomic mass is 16.4. The van der Waals surface area contributed by atoms with Gasteiger partial charge in [-0.2, -0.15) is 0 Å². The van der Waals surface area contributed by atoms with E-state index in [0.717, 1.165) is 19.3 Å². The van der Waals surface area contributed by atoms with Gasteiger partial charge in [0.15, 0.2) is 0 Å². The van der Waals surface area contributed by atoms with Gasteiger partial charge in [0.05, 0.1) is 5.97 Å². The fourth-order valence-corrected chi connectivity index (χ4v) is 0.768. The fraction of sp³-hybridized carbons (Fsp3) is 0.700. The quantitative estimate of drug-likeness (QED) is 0.462. The number of hydrogen-bond donors (Lipinski definition) is 0. The molecule has 0 saturated heterocycles. The molecule has 0 radical (unpaired) electrons. The largest absolute Gasteiger partial charge is 0.549 e. The van der Waals surface area contributed by atoms with Gasteiger partial charge in [-0.15, -0.1) is 0 Å². The first-order valence-electron chi connectivity index (χ1n) is 4.40. The standard InChI is InChI=1S/C10H18O2/c1-4-5-6-7-8-10(2,3)9(11)12/h7-8H,4-6H2,1-3H3,(H,11,12)/p-1/b8-7+. The Morgan fingerprint density at radius 2 is 2.08 bits per heavy atom. The summed E-state index contributed by atoms with van der Waals surface area (Å²) in [6, 6.07) is 0. The Morgan fingerprint density at radius 3 is 2.50 bits per heavy atom. The maximum absolute atomic E-state index is 10.5. The summed E-state index contributed by atoms with van der Waals surface area (Å²) < 4.78 is 0. The van der Waals surface area contributed by atoms with E-state index in [9.17, 15) is 9.90 Å². The molecule has 0 aliphatic rings. The Labute approximate surface area is 74.3 Å². The summed E-state index contributed by atoms with van der Waals surface area (Å²) in [5.74, 6) is -1.02. The molecule has 0 bridgehead atoms. The lowest BCUT2D eigenvalue weighted by molar-refractivity contribution is -0.314. The second-order valence-electron chi connectivity index (χ2n) is 3.55. The van der Waals surface area contributed by atoms with E-state index in [1.807, 2.05) is 6.08 Å². The number of rotatable bonds is 5. The Hall–Kier alpha value is -0.790. The van der Waals surface area contributed by atoms with E-state index in [2.05, 4.69) is 6.92 Å². The normalized spacial score (nSPS) is 12.2. The van der Waals surface area contributed by atoms with Gasteiger partial charge in [-0.1, -0.05) is 45.8 Å². The smallest absolute Gasteiger partial charge is 0.0508 e. The SMILES string of the molecule is CCCC/C=C/C(C)(C)C(=O)[O-]. The first-order valence-corrected chi connectivity index (χ1v) is 4.40. The van der Waals surface area contributed by atoms with Gasteiger partial charge in [0.1, 0.15) is 0 Å². The minimum atomic E-state index is -1.02. The molecule has 0 rings (SSSR count). The van der Waals surface area contributed by atoms with Crippen molar-refractivity contribution < 1.29 is 9.90 Å². The molecule has 0 atom stereocenters. The number of carboxylic acids is 1.